The van der Waals surface area contributed by atoms with E-state index < -0.39 is 0 Å². The SMILES string of the molecule is COc1cccc(CC(=O)N2CCCc3cc(N)ccc32)c1. The van der Waals surface area contributed by atoms with Gasteiger partial charge in [-0.05, 0) is 54.3 Å². The first-order valence-electron chi connectivity index (χ1n) is 7.49. The minimum absolute atomic E-state index is 0.110. The van der Waals surface area contributed by atoms with Crippen molar-refractivity contribution in [2.45, 2.75) is 19.3 Å². The molecule has 4 heteroatoms. The van der Waals surface area contributed by atoms with Crippen LogP contribution >= 0.6 is 0 Å². The highest BCUT2D eigenvalue weighted by molar-refractivity contribution is 5.96. The highest BCUT2D eigenvalue weighted by Crippen LogP contribution is 2.29. The molecule has 0 unspecified atom stereocenters. The number of nitrogen functional groups attached to an aromatic ring is 1. The molecule has 0 spiro atoms. The summed E-state index contributed by atoms with van der Waals surface area (Å²) in [6, 6.07) is 13.4. The normalized spacial score (nSPS) is 13.6. The average Bonchev–Trinajstić information content (AvgIpc) is 2.54. The summed E-state index contributed by atoms with van der Waals surface area (Å²) in [5.74, 6) is 0.885. The van der Waals surface area contributed by atoms with Gasteiger partial charge in [0.2, 0.25) is 5.91 Å². The average molecular weight is 296 g/mol. The maximum absolute atomic E-state index is 12.7. The molecule has 4 nitrogen and oxygen atoms in total. The second-order valence-corrected chi connectivity index (χ2v) is 5.57. The fraction of sp³-hybridized carbons (Fsp3) is 0.278. The number of aryl methyl sites for hydroxylation is 1. The van der Waals surface area contributed by atoms with Gasteiger partial charge in [0.15, 0.2) is 0 Å². The van der Waals surface area contributed by atoms with Crippen molar-refractivity contribution in [2.24, 2.45) is 0 Å². The number of anilines is 2. The predicted octanol–water partition coefficient (Wildman–Crippen LogP) is 2.80. The Hall–Kier alpha value is -2.49. The summed E-state index contributed by atoms with van der Waals surface area (Å²) >= 11 is 0. The molecule has 1 aliphatic heterocycles. The van der Waals surface area contributed by atoms with Crippen molar-refractivity contribution in [1.29, 1.82) is 0 Å². The molecule has 0 saturated heterocycles. The first kappa shape index (κ1) is 14.4. The summed E-state index contributed by atoms with van der Waals surface area (Å²) in [6.07, 6.45) is 2.32. The van der Waals surface area contributed by atoms with E-state index in [9.17, 15) is 4.79 Å². The predicted molar refractivity (Wildman–Crippen MR) is 88.2 cm³/mol. The summed E-state index contributed by atoms with van der Waals surface area (Å²) < 4.78 is 5.21. The third kappa shape index (κ3) is 2.91. The Bertz CT molecular complexity index is 697. The number of benzene rings is 2. The van der Waals surface area contributed by atoms with E-state index in [-0.39, 0.29) is 5.91 Å². The number of fused-ring (bicyclic) bond motifs is 1. The Morgan fingerprint density at radius 3 is 2.95 bits per heavy atom. The van der Waals surface area contributed by atoms with Gasteiger partial charge in [-0.1, -0.05) is 12.1 Å². The Kier molecular flexibility index (Phi) is 4.00. The van der Waals surface area contributed by atoms with Crippen molar-refractivity contribution in [1.82, 2.24) is 0 Å². The first-order valence-corrected chi connectivity index (χ1v) is 7.49. The van der Waals surface area contributed by atoms with Crippen LogP contribution < -0.4 is 15.4 Å². The standard InChI is InChI=1S/C18H20N2O2/c1-22-16-6-2-4-13(10-16)11-18(21)20-9-3-5-14-12-15(19)7-8-17(14)20/h2,4,6-8,10,12H,3,5,9,11,19H2,1H3. The second kappa shape index (κ2) is 6.10. The first-order chi connectivity index (χ1) is 10.7. The number of hydrogen-bond acceptors (Lipinski definition) is 3. The third-order valence-electron chi connectivity index (χ3n) is 4.01. The fourth-order valence-corrected chi connectivity index (χ4v) is 2.93. The Morgan fingerprint density at radius 1 is 1.27 bits per heavy atom. The molecule has 1 aliphatic rings. The molecular weight excluding hydrogens is 276 g/mol. The van der Waals surface area contributed by atoms with Gasteiger partial charge in [-0.15, -0.1) is 0 Å². The number of hydrogen-bond donors (Lipinski definition) is 1. The molecule has 2 aromatic rings. The number of carbonyl (C=O) groups excluding carboxylic acids is 1. The minimum Gasteiger partial charge on any atom is -0.497 e. The molecule has 1 heterocycles. The van der Waals surface area contributed by atoms with Gasteiger partial charge in [-0.25, -0.2) is 0 Å². The molecule has 1 amide bonds. The quantitative estimate of drug-likeness (QED) is 0.886. The van der Waals surface area contributed by atoms with E-state index in [0.29, 0.717) is 6.42 Å². The summed E-state index contributed by atoms with van der Waals surface area (Å²) in [4.78, 5) is 14.5. The number of ether oxygens (including phenoxy) is 1. The molecule has 2 aromatic carbocycles. The molecule has 114 valence electrons. The van der Waals surface area contributed by atoms with Crippen LogP contribution in [0.5, 0.6) is 5.75 Å². The van der Waals surface area contributed by atoms with Crippen molar-refractivity contribution in [3.63, 3.8) is 0 Å². The molecule has 0 atom stereocenters. The van der Waals surface area contributed by atoms with Gasteiger partial charge in [0.1, 0.15) is 5.75 Å². The van der Waals surface area contributed by atoms with Gasteiger partial charge in [0, 0.05) is 17.9 Å². The van der Waals surface area contributed by atoms with Crippen LogP contribution in [0.4, 0.5) is 11.4 Å². The zero-order chi connectivity index (χ0) is 15.5. The Labute approximate surface area is 130 Å². The molecule has 0 fully saturated rings. The number of nitrogens with zero attached hydrogens (tertiary/aromatic N) is 1. The van der Waals surface area contributed by atoms with E-state index in [1.54, 1.807) is 7.11 Å². The van der Waals surface area contributed by atoms with Gasteiger partial charge in [-0.2, -0.15) is 0 Å². The maximum atomic E-state index is 12.7. The highest BCUT2D eigenvalue weighted by Gasteiger charge is 2.22. The number of amides is 1. The van der Waals surface area contributed by atoms with E-state index >= 15 is 0 Å². The lowest BCUT2D eigenvalue weighted by Crippen LogP contribution is -2.36. The van der Waals surface area contributed by atoms with Crippen LogP contribution in [0.2, 0.25) is 0 Å². The van der Waals surface area contributed by atoms with Gasteiger partial charge in [0.25, 0.3) is 0 Å². The fourth-order valence-electron chi connectivity index (χ4n) is 2.93. The number of nitrogens with two attached hydrogens (primary N) is 1. The zero-order valence-corrected chi connectivity index (χ0v) is 12.7. The van der Waals surface area contributed by atoms with Crippen LogP contribution in [0.1, 0.15) is 17.5 Å². The van der Waals surface area contributed by atoms with Gasteiger partial charge in [-0.3, -0.25) is 4.79 Å². The lowest BCUT2D eigenvalue weighted by atomic mass is 10.00. The van der Waals surface area contributed by atoms with E-state index in [4.69, 9.17) is 10.5 Å². The number of rotatable bonds is 3. The maximum Gasteiger partial charge on any atom is 0.231 e. The van der Waals surface area contributed by atoms with E-state index in [1.807, 2.05) is 47.4 Å². The summed E-state index contributed by atoms with van der Waals surface area (Å²) in [6.45, 7) is 0.764. The van der Waals surface area contributed by atoms with Crippen LogP contribution in [0, 0.1) is 0 Å². The number of carbonyl (C=O) groups is 1. The topological polar surface area (TPSA) is 55.6 Å². The molecule has 0 radical (unpaired) electrons. The largest absolute Gasteiger partial charge is 0.497 e. The molecule has 2 N–H and O–H groups in total. The molecule has 0 aromatic heterocycles. The molecule has 0 bridgehead atoms. The van der Waals surface area contributed by atoms with Gasteiger partial charge >= 0.3 is 0 Å². The van der Waals surface area contributed by atoms with Crippen molar-refractivity contribution in [2.75, 3.05) is 24.3 Å². The number of methoxy groups -OCH3 is 1. The Balaban J connectivity index is 1.81. The minimum atomic E-state index is 0.110. The molecule has 22 heavy (non-hydrogen) atoms. The lowest BCUT2D eigenvalue weighted by molar-refractivity contribution is -0.118. The van der Waals surface area contributed by atoms with Crippen molar-refractivity contribution in [3.05, 3.63) is 53.6 Å². The van der Waals surface area contributed by atoms with Crippen molar-refractivity contribution in [3.8, 4) is 5.75 Å². The van der Waals surface area contributed by atoms with E-state index in [2.05, 4.69) is 0 Å². The second-order valence-electron chi connectivity index (χ2n) is 5.57. The molecule has 0 aliphatic carbocycles. The zero-order valence-electron chi connectivity index (χ0n) is 12.7. The van der Waals surface area contributed by atoms with Crippen LogP contribution in [-0.4, -0.2) is 19.6 Å². The van der Waals surface area contributed by atoms with E-state index in [1.165, 1.54) is 0 Å². The summed E-state index contributed by atoms with van der Waals surface area (Å²) in [5, 5.41) is 0. The summed E-state index contributed by atoms with van der Waals surface area (Å²) in [5.41, 5.74) is 9.71. The third-order valence-corrected chi connectivity index (χ3v) is 4.01. The monoisotopic (exact) mass is 296 g/mol. The van der Waals surface area contributed by atoms with Gasteiger partial charge in [0.05, 0.1) is 13.5 Å². The van der Waals surface area contributed by atoms with Crippen molar-refractivity contribution >= 4 is 17.3 Å². The molecule has 0 saturated carbocycles. The van der Waals surface area contributed by atoms with Crippen LogP contribution in [0.25, 0.3) is 0 Å². The summed E-state index contributed by atoms with van der Waals surface area (Å²) in [7, 11) is 1.63. The highest BCUT2D eigenvalue weighted by atomic mass is 16.5. The van der Waals surface area contributed by atoms with Gasteiger partial charge < -0.3 is 15.4 Å². The lowest BCUT2D eigenvalue weighted by Gasteiger charge is -2.30. The Morgan fingerprint density at radius 2 is 2.14 bits per heavy atom. The smallest absolute Gasteiger partial charge is 0.231 e. The van der Waals surface area contributed by atoms with Crippen LogP contribution in [0.3, 0.4) is 0 Å². The van der Waals surface area contributed by atoms with Crippen LogP contribution in [0.15, 0.2) is 42.5 Å². The molecular formula is C18H20N2O2. The van der Waals surface area contributed by atoms with Crippen LogP contribution in [-0.2, 0) is 17.6 Å². The molecule has 3 rings (SSSR count). The van der Waals surface area contributed by atoms with Crippen molar-refractivity contribution < 1.29 is 9.53 Å². The van der Waals surface area contributed by atoms with E-state index in [0.717, 1.165) is 47.6 Å².